The van der Waals surface area contributed by atoms with Crippen molar-refractivity contribution in [3.63, 3.8) is 0 Å². The molecule has 0 aliphatic carbocycles. The standard InChI is InChI=1S/C30H33ClFN5O5/c1-19-2-4-21(23(32)14-19)28-29-24(33-26-17-35(30(39)40)8-9-36(26)29)6-7-37(28)27(38)18-42-25-5-3-20(15-22(25)31)16-34-10-12-41-13-11-34/h2-5,14-15,28H,6-13,16-18H2,1H3,(H,39,40). The Balaban J connectivity index is 1.24. The number of amides is 2. The minimum absolute atomic E-state index is 0.141. The van der Waals surface area contributed by atoms with E-state index in [2.05, 4.69) is 4.90 Å². The number of nitrogens with zero attached hydrogens (tertiary/aromatic N) is 5. The van der Waals surface area contributed by atoms with Gasteiger partial charge in [0.15, 0.2) is 6.61 Å². The topological polar surface area (TPSA) is 100 Å². The van der Waals surface area contributed by atoms with Crippen LogP contribution in [0.4, 0.5) is 9.18 Å². The number of hydrogen-bond acceptors (Lipinski definition) is 6. The quantitative estimate of drug-likeness (QED) is 0.461. The number of carbonyl (C=O) groups excluding carboxylic acids is 1. The summed E-state index contributed by atoms with van der Waals surface area (Å²) in [6.07, 6.45) is -0.542. The minimum Gasteiger partial charge on any atom is -0.482 e. The molecule has 12 heteroatoms. The lowest BCUT2D eigenvalue weighted by Gasteiger charge is -2.37. The number of benzene rings is 2. The lowest BCUT2D eigenvalue weighted by Crippen LogP contribution is -2.45. The van der Waals surface area contributed by atoms with Crippen LogP contribution in [0.15, 0.2) is 36.4 Å². The summed E-state index contributed by atoms with van der Waals surface area (Å²) >= 11 is 6.54. The Morgan fingerprint density at radius 2 is 1.93 bits per heavy atom. The molecule has 1 atom stereocenters. The van der Waals surface area contributed by atoms with Crippen LogP contribution in [0.3, 0.4) is 0 Å². The fourth-order valence-corrected chi connectivity index (χ4v) is 6.26. The average molecular weight is 598 g/mol. The maximum Gasteiger partial charge on any atom is 0.407 e. The second-order valence-electron chi connectivity index (χ2n) is 10.9. The number of carboxylic acid groups (broad SMARTS) is 1. The molecule has 222 valence electrons. The molecule has 3 aromatic rings. The highest BCUT2D eigenvalue weighted by molar-refractivity contribution is 6.32. The number of aromatic nitrogens is 2. The molecule has 1 fully saturated rings. The van der Waals surface area contributed by atoms with E-state index in [-0.39, 0.29) is 25.6 Å². The third-order valence-corrected chi connectivity index (χ3v) is 8.44. The molecule has 42 heavy (non-hydrogen) atoms. The summed E-state index contributed by atoms with van der Waals surface area (Å²) < 4.78 is 28.7. The van der Waals surface area contributed by atoms with E-state index >= 15 is 4.39 Å². The lowest BCUT2D eigenvalue weighted by atomic mass is 9.94. The molecule has 3 aliphatic heterocycles. The molecule has 0 spiro atoms. The summed E-state index contributed by atoms with van der Waals surface area (Å²) in [7, 11) is 0. The largest absolute Gasteiger partial charge is 0.482 e. The maximum atomic E-state index is 15.5. The Labute approximate surface area is 248 Å². The number of fused-ring (bicyclic) bond motifs is 3. The van der Waals surface area contributed by atoms with Crippen LogP contribution in [-0.2, 0) is 35.6 Å². The number of aryl methyl sites for hydroxylation is 1. The molecule has 2 aromatic carbocycles. The Kier molecular flexibility index (Phi) is 8.06. The summed E-state index contributed by atoms with van der Waals surface area (Å²) in [6.45, 7) is 6.57. The first-order chi connectivity index (χ1) is 20.3. The van der Waals surface area contributed by atoms with Crippen molar-refractivity contribution < 1.29 is 28.6 Å². The summed E-state index contributed by atoms with van der Waals surface area (Å²) in [5.41, 5.74) is 3.66. The average Bonchev–Trinajstić information content (AvgIpc) is 3.35. The summed E-state index contributed by atoms with van der Waals surface area (Å²) in [5, 5.41) is 9.91. The number of imidazole rings is 1. The molecule has 0 saturated carbocycles. The van der Waals surface area contributed by atoms with Crippen LogP contribution < -0.4 is 4.74 Å². The molecule has 10 nitrogen and oxygen atoms in total. The van der Waals surface area contributed by atoms with Gasteiger partial charge in [-0.1, -0.05) is 29.8 Å². The zero-order valence-electron chi connectivity index (χ0n) is 23.4. The Morgan fingerprint density at radius 1 is 1.12 bits per heavy atom. The van der Waals surface area contributed by atoms with E-state index in [0.717, 1.165) is 42.1 Å². The van der Waals surface area contributed by atoms with Crippen LogP contribution >= 0.6 is 11.6 Å². The second-order valence-corrected chi connectivity index (χ2v) is 11.3. The van der Waals surface area contributed by atoms with Crippen molar-refractivity contribution in [1.29, 1.82) is 0 Å². The highest BCUT2D eigenvalue weighted by atomic mass is 35.5. The van der Waals surface area contributed by atoms with Gasteiger partial charge in [-0.15, -0.1) is 0 Å². The molecule has 1 aromatic heterocycles. The third-order valence-electron chi connectivity index (χ3n) is 8.15. The van der Waals surface area contributed by atoms with Crippen LogP contribution in [0.5, 0.6) is 5.75 Å². The van der Waals surface area contributed by atoms with Gasteiger partial charge in [0, 0.05) is 51.3 Å². The molecule has 0 bridgehead atoms. The zero-order valence-corrected chi connectivity index (χ0v) is 24.1. The number of halogens is 2. The van der Waals surface area contributed by atoms with Crippen LogP contribution in [0.1, 0.15) is 39.9 Å². The molecule has 6 rings (SSSR count). The van der Waals surface area contributed by atoms with Gasteiger partial charge < -0.3 is 24.0 Å². The van der Waals surface area contributed by atoms with E-state index in [0.29, 0.717) is 54.9 Å². The number of morpholine rings is 1. The van der Waals surface area contributed by atoms with Gasteiger partial charge >= 0.3 is 6.09 Å². The van der Waals surface area contributed by atoms with Gasteiger partial charge in [0.05, 0.1) is 36.2 Å². The van der Waals surface area contributed by atoms with Crippen molar-refractivity contribution in [3.8, 4) is 5.75 Å². The van der Waals surface area contributed by atoms with Crippen molar-refractivity contribution in [1.82, 2.24) is 24.3 Å². The molecule has 0 radical (unpaired) electrons. The van der Waals surface area contributed by atoms with Crippen molar-refractivity contribution in [3.05, 3.63) is 81.1 Å². The van der Waals surface area contributed by atoms with Gasteiger partial charge in [0.25, 0.3) is 5.91 Å². The molecule has 2 amide bonds. The number of carbonyl (C=O) groups is 2. The highest BCUT2D eigenvalue weighted by Gasteiger charge is 2.39. The van der Waals surface area contributed by atoms with E-state index in [1.54, 1.807) is 17.0 Å². The van der Waals surface area contributed by atoms with Crippen molar-refractivity contribution in [2.75, 3.05) is 46.0 Å². The second kappa shape index (κ2) is 11.9. The van der Waals surface area contributed by atoms with Gasteiger partial charge in [-0.25, -0.2) is 14.2 Å². The lowest BCUT2D eigenvalue weighted by molar-refractivity contribution is -0.135. The van der Waals surface area contributed by atoms with Gasteiger partial charge in [0.2, 0.25) is 0 Å². The zero-order chi connectivity index (χ0) is 29.4. The maximum absolute atomic E-state index is 15.5. The molecule has 4 heterocycles. The molecular formula is C30H33ClFN5O5. The Bertz CT molecular complexity index is 1510. The smallest absolute Gasteiger partial charge is 0.407 e. The third kappa shape index (κ3) is 5.68. The molecule has 1 unspecified atom stereocenters. The molecule has 3 aliphatic rings. The Hall–Kier alpha value is -3.67. The van der Waals surface area contributed by atoms with Crippen molar-refractivity contribution >= 4 is 23.6 Å². The fourth-order valence-electron chi connectivity index (χ4n) is 6.00. The number of rotatable bonds is 6. The van der Waals surface area contributed by atoms with E-state index in [9.17, 15) is 14.7 Å². The molecule has 1 N–H and O–H groups in total. The van der Waals surface area contributed by atoms with Gasteiger partial charge in [-0.3, -0.25) is 14.6 Å². The van der Waals surface area contributed by atoms with Crippen LogP contribution in [-0.4, -0.2) is 87.4 Å². The monoisotopic (exact) mass is 597 g/mol. The van der Waals surface area contributed by atoms with Crippen LogP contribution in [0, 0.1) is 12.7 Å². The summed E-state index contributed by atoms with van der Waals surface area (Å²) in [5.74, 6) is 0.282. The van der Waals surface area contributed by atoms with Crippen molar-refractivity contribution in [2.24, 2.45) is 0 Å². The van der Waals surface area contributed by atoms with Crippen LogP contribution in [0.2, 0.25) is 5.02 Å². The first kappa shape index (κ1) is 28.4. The Morgan fingerprint density at radius 3 is 2.67 bits per heavy atom. The minimum atomic E-state index is -1.01. The highest BCUT2D eigenvalue weighted by Crippen LogP contribution is 2.38. The van der Waals surface area contributed by atoms with Gasteiger partial charge in [0.1, 0.15) is 23.4 Å². The van der Waals surface area contributed by atoms with E-state index in [1.165, 1.54) is 11.0 Å². The van der Waals surface area contributed by atoms with E-state index in [1.807, 2.05) is 29.7 Å². The summed E-state index contributed by atoms with van der Waals surface area (Å²) in [4.78, 5) is 35.3. The van der Waals surface area contributed by atoms with E-state index in [4.69, 9.17) is 26.1 Å². The van der Waals surface area contributed by atoms with Gasteiger partial charge in [-0.05, 0) is 36.2 Å². The van der Waals surface area contributed by atoms with Crippen molar-refractivity contribution in [2.45, 2.75) is 39.0 Å². The molecule has 1 saturated heterocycles. The SMILES string of the molecule is Cc1ccc(C2c3c(nc4n3CCN(C(=O)O)C4)CCN2C(=O)COc2ccc(CN3CCOCC3)cc2Cl)c(F)c1. The predicted octanol–water partition coefficient (Wildman–Crippen LogP) is 3.86. The number of ether oxygens (including phenoxy) is 2. The number of hydrogen-bond donors (Lipinski definition) is 1. The predicted molar refractivity (Wildman–Crippen MR) is 152 cm³/mol. The van der Waals surface area contributed by atoms with Crippen LogP contribution in [0.25, 0.3) is 0 Å². The van der Waals surface area contributed by atoms with Gasteiger partial charge in [-0.2, -0.15) is 0 Å². The normalized spacial score (nSPS) is 18.9. The van der Waals surface area contributed by atoms with E-state index < -0.39 is 18.0 Å². The summed E-state index contributed by atoms with van der Waals surface area (Å²) in [6, 6.07) is 9.84. The fraction of sp³-hybridized carbons (Fsp3) is 0.433. The first-order valence-corrected chi connectivity index (χ1v) is 14.5. The molecular weight excluding hydrogens is 565 g/mol. The first-order valence-electron chi connectivity index (χ1n) is 14.1.